The highest BCUT2D eigenvalue weighted by molar-refractivity contribution is 5.93. The van der Waals surface area contributed by atoms with E-state index in [9.17, 15) is 30.6 Å². The lowest BCUT2D eigenvalue weighted by molar-refractivity contribution is 0.0724. The van der Waals surface area contributed by atoms with Crippen LogP contribution in [0.25, 0.3) is 22.8 Å². The Morgan fingerprint density at radius 1 is 0.370 bits per heavy atom. The van der Waals surface area contributed by atoms with Gasteiger partial charge in [0.05, 0.1) is 24.3 Å². The van der Waals surface area contributed by atoms with Crippen molar-refractivity contribution in [2.75, 3.05) is 13.2 Å². The highest BCUT2D eigenvalue weighted by Gasteiger charge is 2.21. The van der Waals surface area contributed by atoms with Crippen LogP contribution in [0.2, 0.25) is 0 Å². The van der Waals surface area contributed by atoms with Gasteiger partial charge in [0.2, 0.25) is 0 Å². The summed E-state index contributed by atoms with van der Waals surface area (Å²) in [6.45, 7) is 9.65. The van der Waals surface area contributed by atoms with Gasteiger partial charge in [-0.2, -0.15) is 21.0 Å². The van der Waals surface area contributed by atoms with Crippen molar-refractivity contribution in [3.8, 4) is 70.1 Å². The number of nitriles is 4. The monoisotopic (exact) mass is 1090 g/mol. The lowest BCUT2D eigenvalue weighted by Crippen LogP contribution is -2.10. The van der Waals surface area contributed by atoms with Crippen LogP contribution < -0.4 is 18.9 Å². The average Bonchev–Trinajstić information content (AvgIpc) is 3.51. The predicted octanol–water partition coefficient (Wildman–Crippen LogP) is 16.3. The van der Waals surface area contributed by atoms with Gasteiger partial charge in [-0.1, -0.05) is 161 Å². The molecule has 0 atom stereocenters. The van der Waals surface area contributed by atoms with Crippen LogP contribution in [-0.4, -0.2) is 45.1 Å². The number of carbonyl (C=O) groups is 2. The first kappa shape index (κ1) is 63.4. The summed E-state index contributed by atoms with van der Waals surface area (Å²) in [5, 5.41) is 38.7. The van der Waals surface area contributed by atoms with E-state index in [0.717, 1.165) is 99.3 Å². The van der Waals surface area contributed by atoms with E-state index in [2.05, 4.69) is 47.6 Å². The van der Waals surface area contributed by atoms with Gasteiger partial charge in [0, 0.05) is 35.9 Å². The minimum absolute atomic E-state index is 0.0181. The number of unbranched alkanes of at least 4 members (excludes halogenated alkanes) is 17. The van der Waals surface area contributed by atoms with Gasteiger partial charge in [-0.25, -0.2) is 29.5 Å². The second kappa shape index (κ2) is 36.7. The van der Waals surface area contributed by atoms with Crippen LogP contribution in [0.15, 0.2) is 97.6 Å². The zero-order valence-corrected chi connectivity index (χ0v) is 47.9. The van der Waals surface area contributed by atoms with Gasteiger partial charge in [-0.3, -0.25) is 0 Å². The molecule has 6 rings (SSSR count). The van der Waals surface area contributed by atoms with Crippen LogP contribution in [0, 0.1) is 45.3 Å². The first-order chi connectivity index (χ1) is 39.7. The molecule has 2 heterocycles. The Labute approximate surface area is 480 Å². The van der Waals surface area contributed by atoms with Gasteiger partial charge < -0.3 is 18.9 Å². The summed E-state index contributed by atoms with van der Waals surface area (Å²) in [5.74, 6) is 0.602. The summed E-state index contributed by atoms with van der Waals surface area (Å²) in [6.07, 6.45) is 34.0. The molecule has 0 bridgehead atoms. The summed E-state index contributed by atoms with van der Waals surface area (Å²) in [5.41, 5.74) is 4.53. The first-order valence-corrected chi connectivity index (χ1v) is 29.2. The van der Waals surface area contributed by atoms with E-state index in [4.69, 9.17) is 18.9 Å². The van der Waals surface area contributed by atoms with E-state index in [-0.39, 0.29) is 33.8 Å². The normalized spacial score (nSPS) is 10.5. The maximum absolute atomic E-state index is 12.9. The van der Waals surface area contributed by atoms with Crippen LogP contribution in [0.3, 0.4) is 0 Å². The molecular weight excluding hydrogens is 1010 g/mol. The Morgan fingerprint density at radius 2 is 0.654 bits per heavy atom. The van der Waals surface area contributed by atoms with Gasteiger partial charge in [0.15, 0.2) is 23.1 Å². The van der Waals surface area contributed by atoms with Crippen LogP contribution in [0.5, 0.6) is 23.0 Å². The third-order valence-electron chi connectivity index (χ3n) is 13.7. The van der Waals surface area contributed by atoms with Crippen LogP contribution >= 0.6 is 0 Å². The number of carbonyl (C=O) groups excluding carboxylic acids is 2. The fourth-order valence-electron chi connectivity index (χ4n) is 8.90. The minimum atomic E-state index is -0.629. The van der Waals surface area contributed by atoms with Crippen molar-refractivity contribution in [2.45, 2.75) is 175 Å². The Balaban J connectivity index is 0.000000297. The summed E-state index contributed by atoms with van der Waals surface area (Å²) >= 11 is 0. The topological polar surface area (TPSA) is 218 Å². The molecule has 81 heavy (non-hydrogen) atoms. The Hall–Kier alpha value is -8.46. The second-order valence-electron chi connectivity index (χ2n) is 20.0. The maximum Gasteiger partial charge on any atom is 0.343 e. The van der Waals surface area contributed by atoms with Crippen molar-refractivity contribution in [3.63, 3.8) is 0 Å². The molecule has 14 nitrogen and oxygen atoms in total. The molecule has 0 aliphatic rings. The van der Waals surface area contributed by atoms with Gasteiger partial charge in [-0.15, -0.1) is 0 Å². The molecule has 4 aromatic carbocycles. The molecule has 0 unspecified atom stereocenters. The van der Waals surface area contributed by atoms with E-state index in [1.165, 1.54) is 82.8 Å². The summed E-state index contributed by atoms with van der Waals surface area (Å²) in [6, 6.07) is 27.8. The van der Waals surface area contributed by atoms with E-state index >= 15 is 0 Å². The lowest BCUT2D eigenvalue weighted by Gasteiger charge is -2.12. The maximum atomic E-state index is 12.9. The molecule has 0 saturated heterocycles. The van der Waals surface area contributed by atoms with Crippen molar-refractivity contribution in [1.82, 2.24) is 19.9 Å². The third-order valence-corrected chi connectivity index (χ3v) is 13.7. The first-order valence-electron chi connectivity index (χ1n) is 29.2. The molecule has 0 radical (unpaired) electrons. The summed E-state index contributed by atoms with van der Waals surface area (Å²) < 4.78 is 22.5. The largest absolute Gasteiger partial charge is 0.492 e. The molecule has 0 aliphatic heterocycles. The van der Waals surface area contributed by atoms with Crippen LogP contribution in [-0.2, 0) is 12.8 Å². The highest BCUT2D eigenvalue weighted by Crippen LogP contribution is 2.32. The summed E-state index contributed by atoms with van der Waals surface area (Å²) in [7, 11) is 0. The van der Waals surface area contributed by atoms with E-state index in [1.807, 2.05) is 49.1 Å². The molecule has 0 spiro atoms. The Kier molecular flexibility index (Phi) is 28.7. The minimum Gasteiger partial charge on any atom is -0.492 e. The fraction of sp³-hybridized carbons (Fsp3) is 0.433. The number of rotatable bonds is 33. The smallest absolute Gasteiger partial charge is 0.343 e. The fourth-order valence-corrected chi connectivity index (χ4v) is 8.90. The molecule has 6 aromatic rings. The van der Waals surface area contributed by atoms with E-state index < -0.39 is 11.9 Å². The number of hydrogen-bond donors (Lipinski definition) is 0. The number of hydrogen-bond acceptors (Lipinski definition) is 14. The number of aryl methyl sites for hydroxylation is 2. The molecule has 0 saturated carbocycles. The summed E-state index contributed by atoms with van der Waals surface area (Å²) in [4.78, 5) is 43.7. The van der Waals surface area contributed by atoms with E-state index in [1.54, 1.807) is 60.7 Å². The molecule has 0 N–H and O–H groups in total. The molecule has 0 fully saturated rings. The van der Waals surface area contributed by atoms with Gasteiger partial charge in [-0.05, 0) is 98.2 Å². The standard InChI is InChI=1S/C34H40N4O3.C33H38N4O3/c1-3-5-7-9-10-12-14-26-24-37-33(38-25-26)27-15-17-28(18-16-27)34(39)41-32-20-19-31(29(22-35)30(32)23-36)40-21-13-11-8-6-4-2;1-3-5-7-9-10-11-13-25-23-36-32(37-24-25)26-14-16-27(17-15-26)33(38)40-31-19-18-30(28(21-34)29(31)22-35)39-20-12-8-6-4-2/h15-20,24-25H,3-14,21H2,1-2H3;14-19,23-24H,3-13,20H2,1-2H3. The average molecular weight is 1090 g/mol. The predicted molar refractivity (Wildman–Crippen MR) is 315 cm³/mol. The van der Waals surface area contributed by atoms with Crippen LogP contribution in [0.1, 0.15) is 217 Å². The number of nitrogens with zero attached hydrogens (tertiary/aromatic N) is 8. The number of aromatic nitrogens is 4. The SMILES string of the molecule is CCCCCCCCc1cnc(-c2ccc(C(=O)Oc3ccc(OCCCCCC)c(C#N)c3C#N)cc2)nc1.CCCCCCCCc1cnc(-c2ccc(C(=O)Oc3ccc(OCCCCCCC)c(C#N)c3C#N)cc2)nc1. The molecule has 422 valence electrons. The van der Waals surface area contributed by atoms with Crippen molar-refractivity contribution in [3.05, 3.63) is 142 Å². The van der Waals surface area contributed by atoms with Gasteiger partial charge in [0.25, 0.3) is 0 Å². The molecule has 2 aromatic heterocycles. The number of benzene rings is 4. The quantitative estimate of drug-likeness (QED) is 0.0213. The molecular formula is C67H78N8O6. The van der Waals surface area contributed by atoms with Crippen molar-refractivity contribution < 1.29 is 28.5 Å². The van der Waals surface area contributed by atoms with Crippen LogP contribution in [0.4, 0.5) is 0 Å². The molecule has 14 heteroatoms. The third kappa shape index (κ3) is 20.9. The lowest BCUT2D eigenvalue weighted by atomic mass is 10.1. The van der Waals surface area contributed by atoms with Crippen molar-refractivity contribution >= 4 is 11.9 Å². The number of esters is 2. The van der Waals surface area contributed by atoms with Crippen molar-refractivity contribution in [1.29, 1.82) is 21.0 Å². The Morgan fingerprint density at radius 3 is 0.988 bits per heavy atom. The van der Waals surface area contributed by atoms with E-state index in [0.29, 0.717) is 47.5 Å². The molecule has 0 amide bonds. The highest BCUT2D eigenvalue weighted by atomic mass is 16.5. The zero-order chi connectivity index (χ0) is 57.9. The molecule has 0 aliphatic carbocycles. The zero-order valence-electron chi connectivity index (χ0n) is 47.9. The Bertz CT molecular complexity index is 3040. The van der Waals surface area contributed by atoms with Gasteiger partial charge in [0.1, 0.15) is 58.0 Å². The number of ether oxygens (including phenoxy) is 4. The van der Waals surface area contributed by atoms with Gasteiger partial charge >= 0.3 is 11.9 Å². The van der Waals surface area contributed by atoms with Crippen molar-refractivity contribution in [2.24, 2.45) is 0 Å². The second-order valence-corrected chi connectivity index (χ2v) is 20.0.